The van der Waals surface area contributed by atoms with Gasteiger partial charge in [0, 0.05) is 6.61 Å². The molecule has 0 spiro atoms. The molecule has 1 aliphatic heterocycles. The molecular weight excluding hydrogens is 164 g/mol. The zero-order valence-electron chi connectivity index (χ0n) is 6.42. The number of rotatable bonds is 3. The third-order valence-electron chi connectivity index (χ3n) is 1.96. The highest BCUT2D eigenvalue weighted by molar-refractivity contribution is 4.91. The van der Waals surface area contributed by atoms with Crippen LogP contribution in [0.15, 0.2) is 10.4 Å². The van der Waals surface area contributed by atoms with Crippen LogP contribution in [0.1, 0.15) is 6.42 Å². The zero-order chi connectivity index (χ0) is 8.97. The van der Waals surface area contributed by atoms with Crippen LogP contribution in [-0.4, -0.2) is 36.5 Å². The summed E-state index contributed by atoms with van der Waals surface area (Å²) in [5, 5.41) is 14.2. The van der Waals surface area contributed by atoms with Gasteiger partial charge in [0.25, 0.3) is 0 Å². The van der Waals surface area contributed by atoms with E-state index in [1.807, 2.05) is 0 Å². The summed E-state index contributed by atoms with van der Waals surface area (Å²) in [6.07, 6.45) is -0.268. The van der Waals surface area contributed by atoms with Gasteiger partial charge in [-0.25, -0.2) is 0 Å². The topological polar surface area (TPSA) is 88.3 Å². The normalized spacial score (nSPS) is 35.9. The first-order valence-electron chi connectivity index (χ1n) is 3.71. The summed E-state index contributed by atoms with van der Waals surface area (Å²) >= 11 is 0. The highest BCUT2D eigenvalue weighted by Crippen LogP contribution is 2.19. The number of hydrogen-bond donors (Lipinski definition) is 1. The second kappa shape index (κ2) is 4.22. The fourth-order valence-corrected chi connectivity index (χ4v) is 1.27. The van der Waals surface area contributed by atoms with Crippen molar-refractivity contribution in [1.29, 1.82) is 0 Å². The maximum atomic E-state index is 10.3. The molecule has 0 radical (unpaired) electrons. The van der Waals surface area contributed by atoms with E-state index < -0.39 is 18.2 Å². The molecule has 0 bridgehead atoms. The highest BCUT2D eigenvalue weighted by Gasteiger charge is 2.36. The van der Waals surface area contributed by atoms with Gasteiger partial charge in [-0.2, -0.15) is 9.81 Å². The lowest BCUT2D eigenvalue weighted by Gasteiger charge is -2.28. The number of nitrogens with zero attached hydrogens (tertiary/aromatic N) is 2. The molecule has 68 valence electrons. The van der Waals surface area contributed by atoms with Crippen molar-refractivity contribution in [3.63, 3.8) is 0 Å². The Labute approximate surface area is 68.9 Å². The van der Waals surface area contributed by atoms with E-state index in [1.165, 1.54) is 0 Å². The molecule has 0 amide bonds. The summed E-state index contributed by atoms with van der Waals surface area (Å²) in [4.78, 5) is 20.5. The molecule has 6 nitrogen and oxygen atoms in total. The lowest BCUT2D eigenvalue weighted by Crippen LogP contribution is -2.44. The van der Waals surface area contributed by atoms with Crippen LogP contribution in [0.3, 0.4) is 0 Å². The van der Waals surface area contributed by atoms with E-state index in [1.54, 1.807) is 0 Å². The van der Waals surface area contributed by atoms with Crippen LogP contribution in [0.2, 0.25) is 0 Å². The second-order valence-electron chi connectivity index (χ2n) is 2.65. The minimum Gasteiger partial charge on any atom is -0.394 e. The van der Waals surface area contributed by atoms with E-state index in [0.29, 0.717) is 13.0 Å². The molecule has 1 saturated heterocycles. The monoisotopic (exact) mass is 174 g/mol. The first-order chi connectivity index (χ1) is 5.83. The van der Waals surface area contributed by atoms with Crippen molar-refractivity contribution in [2.24, 2.45) is 10.4 Å². The number of aliphatic hydroxyl groups excluding tert-OH is 1. The van der Waals surface area contributed by atoms with Gasteiger partial charge in [0.15, 0.2) is 0 Å². The molecule has 1 fully saturated rings. The smallest absolute Gasteiger partial charge is 0.146 e. The number of nitroso groups, excluding NO2 is 2. The van der Waals surface area contributed by atoms with E-state index in [4.69, 9.17) is 9.84 Å². The Bertz CT molecular complexity index is 175. The van der Waals surface area contributed by atoms with Gasteiger partial charge < -0.3 is 9.84 Å². The van der Waals surface area contributed by atoms with Gasteiger partial charge in [-0.15, -0.1) is 0 Å². The Morgan fingerprint density at radius 1 is 1.42 bits per heavy atom. The summed E-state index contributed by atoms with van der Waals surface area (Å²) in [5.74, 6) is 0. The number of hydrogen-bond acceptors (Lipinski definition) is 6. The van der Waals surface area contributed by atoms with E-state index in [0.717, 1.165) is 0 Å². The van der Waals surface area contributed by atoms with Gasteiger partial charge >= 0.3 is 0 Å². The van der Waals surface area contributed by atoms with Gasteiger partial charge in [0.1, 0.15) is 18.2 Å². The molecule has 3 unspecified atom stereocenters. The predicted octanol–water partition coefficient (Wildman–Crippen LogP) is 0.0376. The second-order valence-corrected chi connectivity index (χ2v) is 2.65. The predicted molar refractivity (Wildman–Crippen MR) is 40.6 cm³/mol. The Morgan fingerprint density at radius 3 is 2.67 bits per heavy atom. The molecule has 3 atom stereocenters. The third kappa shape index (κ3) is 1.64. The van der Waals surface area contributed by atoms with Crippen LogP contribution in [0.5, 0.6) is 0 Å². The van der Waals surface area contributed by atoms with Crippen LogP contribution in [0.25, 0.3) is 0 Å². The van der Waals surface area contributed by atoms with Crippen molar-refractivity contribution in [2.75, 3.05) is 13.2 Å². The Kier molecular flexibility index (Phi) is 3.24. The SMILES string of the molecule is O=NC1CCOC(CO)C1N=O. The van der Waals surface area contributed by atoms with Crippen LogP contribution in [-0.2, 0) is 4.74 Å². The molecule has 1 N–H and O–H groups in total. The molecule has 1 aliphatic rings. The van der Waals surface area contributed by atoms with E-state index in [2.05, 4.69) is 10.4 Å². The minimum absolute atomic E-state index is 0.303. The number of aliphatic hydroxyl groups is 1. The Balaban J connectivity index is 2.64. The summed E-state index contributed by atoms with van der Waals surface area (Å²) in [5.41, 5.74) is 0. The molecule has 0 aliphatic carbocycles. The number of ether oxygens (including phenoxy) is 1. The standard InChI is InChI=1S/C6H10N2O4/c9-3-5-6(8-11)4(7-10)1-2-12-5/h4-6,9H,1-3H2. The van der Waals surface area contributed by atoms with Gasteiger partial charge in [0.2, 0.25) is 0 Å². The maximum absolute atomic E-state index is 10.3. The quantitative estimate of drug-likeness (QED) is 0.611. The third-order valence-corrected chi connectivity index (χ3v) is 1.96. The van der Waals surface area contributed by atoms with Crippen molar-refractivity contribution >= 4 is 0 Å². The van der Waals surface area contributed by atoms with Crippen LogP contribution < -0.4 is 0 Å². The van der Waals surface area contributed by atoms with Gasteiger partial charge in [-0.05, 0) is 6.42 Å². The molecule has 0 aromatic carbocycles. The minimum atomic E-state index is -0.832. The van der Waals surface area contributed by atoms with Gasteiger partial charge in [-0.1, -0.05) is 10.4 Å². The molecule has 0 aromatic heterocycles. The van der Waals surface area contributed by atoms with Crippen LogP contribution in [0.4, 0.5) is 0 Å². The lowest BCUT2D eigenvalue weighted by molar-refractivity contribution is -0.0366. The van der Waals surface area contributed by atoms with Gasteiger partial charge in [-0.3, -0.25) is 0 Å². The summed E-state index contributed by atoms with van der Waals surface area (Å²) < 4.78 is 5.02. The Hall–Kier alpha value is -0.880. The van der Waals surface area contributed by atoms with Crippen LogP contribution >= 0.6 is 0 Å². The fourth-order valence-electron chi connectivity index (χ4n) is 1.27. The van der Waals surface area contributed by atoms with Crippen molar-refractivity contribution in [3.8, 4) is 0 Å². The molecular formula is C6H10N2O4. The molecule has 1 rings (SSSR count). The highest BCUT2D eigenvalue weighted by atomic mass is 16.5. The summed E-state index contributed by atoms with van der Waals surface area (Å²) in [7, 11) is 0. The largest absolute Gasteiger partial charge is 0.394 e. The molecule has 1 heterocycles. The average molecular weight is 174 g/mol. The molecule has 0 saturated carbocycles. The van der Waals surface area contributed by atoms with Crippen molar-refractivity contribution in [1.82, 2.24) is 0 Å². The fraction of sp³-hybridized carbons (Fsp3) is 1.00. The lowest BCUT2D eigenvalue weighted by atomic mass is 9.99. The molecule has 0 aromatic rings. The average Bonchev–Trinajstić information content (AvgIpc) is 2.16. The Morgan fingerprint density at radius 2 is 2.17 bits per heavy atom. The summed E-state index contributed by atoms with van der Waals surface area (Å²) in [6, 6.07) is -1.48. The first kappa shape index (κ1) is 9.21. The van der Waals surface area contributed by atoms with Gasteiger partial charge in [0.05, 0.1) is 6.61 Å². The van der Waals surface area contributed by atoms with Crippen molar-refractivity contribution < 1.29 is 9.84 Å². The molecule has 6 heteroatoms. The van der Waals surface area contributed by atoms with E-state index >= 15 is 0 Å². The van der Waals surface area contributed by atoms with Crippen molar-refractivity contribution in [2.45, 2.75) is 24.6 Å². The van der Waals surface area contributed by atoms with E-state index in [-0.39, 0.29) is 6.61 Å². The van der Waals surface area contributed by atoms with Crippen LogP contribution in [0, 0.1) is 9.81 Å². The first-order valence-corrected chi connectivity index (χ1v) is 3.71. The molecule has 12 heavy (non-hydrogen) atoms. The van der Waals surface area contributed by atoms with E-state index in [9.17, 15) is 9.81 Å². The maximum Gasteiger partial charge on any atom is 0.146 e. The zero-order valence-corrected chi connectivity index (χ0v) is 6.42. The van der Waals surface area contributed by atoms with Crippen molar-refractivity contribution in [3.05, 3.63) is 9.81 Å². The summed E-state index contributed by atoms with van der Waals surface area (Å²) in [6.45, 7) is 0.0378.